The Bertz CT molecular complexity index is 1100. The fourth-order valence-corrected chi connectivity index (χ4v) is 6.99. The van der Waals surface area contributed by atoms with Gasteiger partial charge < -0.3 is 4.42 Å². The van der Waals surface area contributed by atoms with Gasteiger partial charge in [-0.05, 0) is 36.4 Å². The van der Waals surface area contributed by atoms with Crippen LogP contribution in [0.25, 0.3) is 0 Å². The van der Waals surface area contributed by atoms with Crippen LogP contribution in [0.5, 0.6) is 0 Å². The zero-order chi connectivity index (χ0) is 21.7. The first kappa shape index (κ1) is 22.0. The number of thioether (sulfide) groups is 1. The van der Waals surface area contributed by atoms with Crippen molar-refractivity contribution in [3.05, 3.63) is 53.7 Å². The van der Waals surface area contributed by atoms with E-state index in [2.05, 4.69) is 15.5 Å². The zero-order valence-corrected chi connectivity index (χ0v) is 19.1. The number of aromatic nitrogens is 2. The van der Waals surface area contributed by atoms with Crippen LogP contribution in [-0.2, 0) is 21.2 Å². The van der Waals surface area contributed by atoms with E-state index in [1.807, 2.05) is 30.3 Å². The summed E-state index contributed by atoms with van der Waals surface area (Å²) < 4.78 is 33.0. The van der Waals surface area contributed by atoms with Crippen molar-refractivity contribution in [3.63, 3.8) is 0 Å². The van der Waals surface area contributed by atoms with Crippen LogP contribution in [0.4, 0.5) is 6.01 Å². The summed E-state index contributed by atoms with van der Waals surface area (Å²) in [6, 6.07) is 12.4. The number of nitrogens with one attached hydrogen (secondary N) is 1. The number of rotatable bonds is 8. The Hall–Kier alpha value is -2.21. The maximum Gasteiger partial charge on any atom is 0.322 e. The van der Waals surface area contributed by atoms with Crippen molar-refractivity contribution in [2.75, 3.05) is 17.6 Å². The van der Waals surface area contributed by atoms with E-state index in [-0.39, 0.29) is 10.2 Å². The van der Waals surface area contributed by atoms with E-state index >= 15 is 0 Å². The summed E-state index contributed by atoms with van der Waals surface area (Å²) in [7, 11) is -3.72. The van der Waals surface area contributed by atoms with Gasteiger partial charge in [-0.15, -0.1) is 28.2 Å². The standard InChI is InChI=1S/C20H22N4O4S3/c25-19(16-9-4-5-12-24(16)31(26,27)18-10-6-13-30-18)21-20-23-22-17(28-20)11-14-29-15-7-2-1-3-8-15/h1-3,6-8,10,13,16H,4-5,9,11-12,14H2,(H,21,23,25). The van der Waals surface area contributed by atoms with Crippen LogP contribution in [0.3, 0.4) is 0 Å². The normalized spacial score (nSPS) is 17.5. The van der Waals surface area contributed by atoms with Crippen molar-refractivity contribution in [2.24, 2.45) is 0 Å². The molecule has 164 valence electrons. The monoisotopic (exact) mass is 478 g/mol. The van der Waals surface area contributed by atoms with Crippen molar-refractivity contribution in [1.82, 2.24) is 14.5 Å². The average Bonchev–Trinajstić information content (AvgIpc) is 3.47. The van der Waals surface area contributed by atoms with Crippen molar-refractivity contribution in [1.29, 1.82) is 0 Å². The number of carbonyl (C=O) groups is 1. The third kappa shape index (κ3) is 5.35. The van der Waals surface area contributed by atoms with Crippen LogP contribution in [0.1, 0.15) is 25.2 Å². The lowest BCUT2D eigenvalue weighted by Gasteiger charge is -2.32. The maximum atomic E-state index is 13.0. The predicted octanol–water partition coefficient (Wildman–Crippen LogP) is 3.65. The van der Waals surface area contributed by atoms with Gasteiger partial charge in [-0.3, -0.25) is 10.1 Å². The molecule has 1 fully saturated rings. The number of anilines is 1. The average molecular weight is 479 g/mol. The molecule has 8 nitrogen and oxygen atoms in total. The van der Waals surface area contributed by atoms with E-state index in [1.165, 1.54) is 4.31 Å². The van der Waals surface area contributed by atoms with Crippen molar-refractivity contribution >= 4 is 45.0 Å². The summed E-state index contributed by atoms with van der Waals surface area (Å²) in [4.78, 5) is 14.0. The Morgan fingerprint density at radius 2 is 2.03 bits per heavy atom. The second-order valence-corrected chi connectivity index (χ2v) is 11.2. The molecule has 1 unspecified atom stereocenters. The molecule has 0 radical (unpaired) electrons. The highest BCUT2D eigenvalue weighted by molar-refractivity contribution is 7.99. The summed E-state index contributed by atoms with van der Waals surface area (Å²) in [5.41, 5.74) is 0. The molecule has 0 bridgehead atoms. The number of sulfonamides is 1. The summed E-state index contributed by atoms with van der Waals surface area (Å²) in [5.74, 6) is 0.730. The maximum absolute atomic E-state index is 13.0. The molecule has 1 N–H and O–H groups in total. The fraction of sp³-hybridized carbons (Fsp3) is 0.350. The highest BCUT2D eigenvalue weighted by Gasteiger charge is 2.38. The van der Waals surface area contributed by atoms with E-state index in [9.17, 15) is 13.2 Å². The molecule has 2 aromatic heterocycles. The van der Waals surface area contributed by atoms with Gasteiger partial charge >= 0.3 is 6.01 Å². The number of hydrogen-bond donors (Lipinski definition) is 1. The Morgan fingerprint density at radius 1 is 1.19 bits per heavy atom. The minimum absolute atomic E-state index is 0.0104. The lowest BCUT2D eigenvalue weighted by atomic mass is 10.0. The molecule has 3 aromatic rings. The molecule has 1 aromatic carbocycles. The zero-order valence-electron chi connectivity index (χ0n) is 16.6. The van der Waals surface area contributed by atoms with Crippen LogP contribution >= 0.6 is 23.1 Å². The van der Waals surface area contributed by atoms with E-state index < -0.39 is 22.0 Å². The first-order valence-corrected chi connectivity index (χ1v) is 13.2. The summed E-state index contributed by atoms with van der Waals surface area (Å²) in [6.07, 6.45) is 2.51. The number of aryl methyl sites for hydroxylation is 1. The van der Waals surface area contributed by atoms with Crippen molar-refractivity contribution < 1.29 is 17.6 Å². The molecule has 11 heteroatoms. The van der Waals surface area contributed by atoms with Gasteiger partial charge in [0.05, 0.1) is 0 Å². The van der Waals surface area contributed by atoms with E-state index in [1.54, 1.807) is 29.3 Å². The molecule has 0 saturated carbocycles. The number of benzene rings is 1. The van der Waals surface area contributed by atoms with E-state index in [0.717, 1.165) is 34.8 Å². The van der Waals surface area contributed by atoms with Gasteiger partial charge in [-0.25, -0.2) is 8.42 Å². The second-order valence-electron chi connectivity index (χ2n) is 6.96. The van der Waals surface area contributed by atoms with Gasteiger partial charge in [0, 0.05) is 23.6 Å². The predicted molar refractivity (Wildman–Crippen MR) is 120 cm³/mol. The first-order chi connectivity index (χ1) is 15.0. The highest BCUT2D eigenvalue weighted by atomic mass is 32.2. The molecule has 0 aliphatic carbocycles. The van der Waals surface area contributed by atoms with Gasteiger partial charge in [-0.2, -0.15) is 4.31 Å². The number of amides is 1. The molecule has 31 heavy (non-hydrogen) atoms. The molecule has 3 heterocycles. The highest BCUT2D eigenvalue weighted by Crippen LogP contribution is 2.28. The molecule has 1 saturated heterocycles. The Balaban J connectivity index is 1.37. The summed E-state index contributed by atoms with van der Waals surface area (Å²) in [6.45, 7) is 0.310. The number of nitrogens with zero attached hydrogens (tertiary/aromatic N) is 3. The lowest BCUT2D eigenvalue weighted by molar-refractivity contribution is -0.120. The number of hydrogen-bond acceptors (Lipinski definition) is 8. The number of piperidine rings is 1. The van der Waals surface area contributed by atoms with Gasteiger partial charge in [0.2, 0.25) is 11.8 Å². The van der Waals surface area contributed by atoms with Crippen LogP contribution in [0, 0.1) is 0 Å². The molecular weight excluding hydrogens is 456 g/mol. The fourth-order valence-electron chi connectivity index (χ4n) is 3.35. The molecule has 1 atom stereocenters. The Labute approximate surface area is 189 Å². The van der Waals surface area contributed by atoms with Crippen LogP contribution in [0.15, 0.2) is 61.4 Å². The molecule has 1 aliphatic heterocycles. The molecule has 0 spiro atoms. The lowest BCUT2D eigenvalue weighted by Crippen LogP contribution is -2.49. The van der Waals surface area contributed by atoms with Crippen LogP contribution in [0.2, 0.25) is 0 Å². The Morgan fingerprint density at radius 3 is 2.81 bits per heavy atom. The molecular formula is C20H22N4O4S3. The Kier molecular flexibility index (Phi) is 7.06. The van der Waals surface area contributed by atoms with Crippen LogP contribution in [-0.4, -0.2) is 47.2 Å². The summed E-state index contributed by atoms with van der Waals surface area (Å²) >= 11 is 2.82. The third-order valence-corrected chi connectivity index (χ3v) is 9.13. The minimum Gasteiger partial charge on any atom is -0.408 e. The smallest absolute Gasteiger partial charge is 0.322 e. The van der Waals surface area contributed by atoms with Gasteiger partial charge in [0.15, 0.2) is 0 Å². The van der Waals surface area contributed by atoms with E-state index in [4.69, 9.17) is 4.42 Å². The van der Waals surface area contributed by atoms with Crippen molar-refractivity contribution in [3.8, 4) is 0 Å². The molecule has 1 aliphatic rings. The third-order valence-electron chi connectivity index (χ3n) is 4.84. The topological polar surface area (TPSA) is 105 Å². The SMILES string of the molecule is O=C(Nc1nnc(CCSc2ccccc2)o1)C1CCCCN1S(=O)(=O)c1cccs1. The number of carbonyl (C=O) groups excluding carboxylic acids is 1. The largest absolute Gasteiger partial charge is 0.408 e. The van der Waals surface area contributed by atoms with Gasteiger partial charge in [0.1, 0.15) is 10.3 Å². The molecule has 4 rings (SSSR count). The number of thiophene rings is 1. The van der Waals surface area contributed by atoms with Crippen LogP contribution < -0.4 is 5.32 Å². The van der Waals surface area contributed by atoms with E-state index in [0.29, 0.717) is 25.3 Å². The molecule has 1 amide bonds. The first-order valence-electron chi connectivity index (χ1n) is 9.90. The van der Waals surface area contributed by atoms with Gasteiger partial charge in [-0.1, -0.05) is 35.8 Å². The van der Waals surface area contributed by atoms with Crippen molar-refractivity contribution in [2.45, 2.75) is 40.8 Å². The second kappa shape index (κ2) is 9.94. The summed E-state index contributed by atoms with van der Waals surface area (Å²) in [5, 5.41) is 12.2. The quantitative estimate of drug-likeness (QED) is 0.493. The van der Waals surface area contributed by atoms with Gasteiger partial charge in [0.25, 0.3) is 10.0 Å². The minimum atomic E-state index is -3.72.